The SMILES string of the molecule is CC(C)CC(=O)Nc1cccc(CNC(=O)c2ccn(C3CCCNC3)n2)c1. The Morgan fingerprint density at radius 3 is 2.93 bits per heavy atom. The van der Waals surface area contributed by atoms with Crippen LogP contribution in [0.25, 0.3) is 0 Å². The molecular formula is C21H29N5O2. The molecule has 1 aliphatic rings. The Morgan fingerprint density at radius 2 is 2.18 bits per heavy atom. The number of benzene rings is 1. The highest BCUT2D eigenvalue weighted by atomic mass is 16.2. The molecule has 0 saturated carbocycles. The highest BCUT2D eigenvalue weighted by molar-refractivity contribution is 5.92. The third kappa shape index (κ3) is 5.66. The highest BCUT2D eigenvalue weighted by Gasteiger charge is 2.17. The van der Waals surface area contributed by atoms with Crippen LogP contribution in [0.5, 0.6) is 0 Å². The number of carbonyl (C=O) groups is 2. The molecule has 0 aliphatic carbocycles. The number of rotatable bonds is 7. The van der Waals surface area contributed by atoms with Crippen molar-refractivity contribution in [3.63, 3.8) is 0 Å². The van der Waals surface area contributed by atoms with Gasteiger partial charge in [0.1, 0.15) is 5.69 Å². The third-order valence-electron chi connectivity index (χ3n) is 4.74. The molecule has 0 bridgehead atoms. The molecule has 1 unspecified atom stereocenters. The van der Waals surface area contributed by atoms with Crippen LogP contribution in [-0.2, 0) is 11.3 Å². The second kappa shape index (κ2) is 9.50. The van der Waals surface area contributed by atoms with E-state index in [1.807, 2.05) is 49.0 Å². The van der Waals surface area contributed by atoms with Crippen LogP contribution in [0.2, 0.25) is 0 Å². The molecule has 1 fully saturated rings. The van der Waals surface area contributed by atoms with Crippen LogP contribution in [0.4, 0.5) is 5.69 Å². The smallest absolute Gasteiger partial charge is 0.272 e. The highest BCUT2D eigenvalue weighted by Crippen LogP contribution is 2.16. The molecule has 3 N–H and O–H groups in total. The standard InChI is InChI=1S/C21H29N5O2/c1-15(2)11-20(27)24-17-6-3-5-16(12-17)13-23-21(28)19-8-10-26(25-19)18-7-4-9-22-14-18/h3,5-6,8,10,12,15,18,22H,4,7,9,11,13-14H2,1-2H3,(H,23,28)(H,24,27). The Kier molecular flexibility index (Phi) is 6.81. The zero-order chi connectivity index (χ0) is 19.9. The van der Waals surface area contributed by atoms with E-state index in [0.717, 1.165) is 37.2 Å². The predicted molar refractivity (Wildman–Crippen MR) is 109 cm³/mol. The molecule has 2 heterocycles. The van der Waals surface area contributed by atoms with E-state index in [2.05, 4.69) is 21.0 Å². The lowest BCUT2D eigenvalue weighted by Gasteiger charge is -2.22. The summed E-state index contributed by atoms with van der Waals surface area (Å²) in [4.78, 5) is 24.3. The van der Waals surface area contributed by atoms with Gasteiger partial charge in [0.2, 0.25) is 5.91 Å². The Labute approximate surface area is 165 Å². The number of piperidine rings is 1. The van der Waals surface area contributed by atoms with Crippen LogP contribution in [0, 0.1) is 5.92 Å². The van der Waals surface area contributed by atoms with E-state index in [1.165, 1.54) is 0 Å². The van der Waals surface area contributed by atoms with Crippen molar-refractivity contribution < 1.29 is 9.59 Å². The average Bonchev–Trinajstić information content (AvgIpc) is 3.17. The van der Waals surface area contributed by atoms with E-state index in [9.17, 15) is 9.59 Å². The maximum atomic E-state index is 12.4. The summed E-state index contributed by atoms with van der Waals surface area (Å²) >= 11 is 0. The summed E-state index contributed by atoms with van der Waals surface area (Å²) in [6, 6.07) is 9.59. The van der Waals surface area contributed by atoms with Gasteiger partial charge in [0.05, 0.1) is 6.04 Å². The molecule has 2 aromatic rings. The molecule has 1 atom stereocenters. The monoisotopic (exact) mass is 383 g/mol. The Bertz CT molecular complexity index is 809. The van der Waals surface area contributed by atoms with E-state index in [0.29, 0.717) is 30.6 Å². The summed E-state index contributed by atoms with van der Waals surface area (Å²) in [6.45, 7) is 6.33. The fraction of sp³-hybridized carbons (Fsp3) is 0.476. The molecule has 1 aromatic heterocycles. The summed E-state index contributed by atoms with van der Waals surface area (Å²) in [5, 5.41) is 13.6. The first-order valence-corrected chi connectivity index (χ1v) is 9.94. The van der Waals surface area contributed by atoms with Gasteiger partial charge in [-0.2, -0.15) is 5.10 Å². The van der Waals surface area contributed by atoms with Gasteiger partial charge < -0.3 is 16.0 Å². The number of carbonyl (C=O) groups excluding carboxylic acids is 2. The van der Waals surface area contributed by atoms with Gasteiger partial charge in [-0.3, -0.25) is 14.3 Å². The number of nitrogens with one attached hydrogen (secondary N) is 3. The summed E-state index contributed by atoms with van der Waals surface area (Å²) < 4.78 is 1.88. The van der Waals surface area contributed by atoms with E-state index in [1.54, 1.807) is 6.07 Å². The van der Waals surface area contributed by atoms with Gasteiger partial charge in [-0.15, -0.1) is 0 Å². The van der Waals surface area contributed by atoms with Gasteiger partial charge in [-0.05, 0) is 49.1 Å². The largest absolute Gasteiger partial charge is 0.347 e. The second-order valence-corrected chi connectivity index (χ2v) is 7.71. The van der Waals surface area contributed by atoms with E-state index in [-0.39, 0.29) is 11.8 Å². The van der Waals surface area contributed by atoms with E-state index < -0.39 is 0 Å². The first-order chi connectivity index (χ1) is 13.5. The van der Waals surface area contributed by atoms with Crippen molar-refractivity contribution in [1.29, 1.82) is 0 Å². The summed E-state index contributed by atoms with van der Waals surface area (Å²) in [6.07, 6.45) is 4.55. The Balaban J connectivity index is 1.54. The fourth-order valence-electron chi connectivity index (χ4n) is 3.34. The van der Waals surface area contributed by atoms with Crippen molar-refractivity contribution in [1.82, 2.24) is 20.4 Å². The molecule has 0 spiro atoms. The summed E-state index contributed by atoms with van der Waals surface area (Å²) in [7, 11) is 0. The van der Waals surface area contributed by atoms with Gasteiger partial charge in [-0.1, -0.05) is 26.0 Å². The molecule has 1 saturated heterocycles. The van der Waals surface area contributed by atoms with Crippen LogP contribution < -0.4 is 16.0 Å². The summed E-state index contributed by atoms with van der Waals surface area (Å²) in [5.41, 5.74) is 2.09. The molecule has 7 heteroatoms. The maximum absolute atomic E-state index is 12.4. The number of hydrogen-bond donors (Lipinski definition) is 3. The van der Waals surface area contributed by atoms with Crippen molar-refractivity contribution >= 4 is 17.5 Å². The number of hydrogen-bond acceptors (Lipinski definition) is 4. The van der Waals surface area contributed by atoms with E-state index in [4.69, 9.17) is 0 Å². The van der Waals surface area contributed by atoms with Crippen LogP contribution in [0.15, 0.2) is 36.5 Å². The lowest BCUT2D eigenvalue weighted by molar-refractivity contribution is -0.116. The van der Waals surface area contributed by atoms with Crippen molar-refractivity contribution in [2.75, 3.05) is 18.4 Å². The maximum Gasteiger partial charge on any atom is 0.272 e. The molecule has 28 heavy (non-hydrogen) atoms. The molecular weight excluding hydrogens is 354 g/mol. The lowest BCUT2D eigenvalue weighted by atomic mass is 10.1. The first-order valence-electron chi connectivity index (χ1n) is 9.94. The van der Waals surface area contributed by atoms with Crippen LogP contribution >= 0.6 is 0 Å². The van der Waals surface area contributed by atoms with Gasteiger partial charge in [-0.25, -0.2) is 0 Å². The predicted octanol–water partition coefficient (Wildman–Crippen LogP) is 2.72. The summed E-state index contributed by atoms with van der Waals surface area (Å²) in [5.74, 6) is 0.113. The first kappa shape index (κ1) is 20.1. The number of anilines is 1. The Hall–Kier alpha value is -2.67. The topological polar surface area (TPSA) is 88.0 Å². The molecule has 2 amide bonds. The van der Waals surface area contributed by atoms with Crippen molar-refractivity contribution in [3.8, 4) is 0 Å². The number of aromatic nitrogens is 2. The Morgan fingerprint density at radius 1 is 1.32 bits per heavy atom. The number of nitrogens with zero attached hydrogens (tertiary/aromatic N) is 2. The molecule has 1 aliphatic heterocycles. The van der Waals surface area contributed by atoms with Gasteiger partial charge >= 0.3 is 0 Å². The minimum atomic E-state index is -0.197. The average molecular weight is 383 g/mol. The molecule has 150 valence electrons. The van der Waals surface area contributed by atoms with Crippen molar-refractivity contribution in [3.05, 3.63) is 47.8 Å². The number of amides is 2. The van der Waals surface area contributed by atoms with Crippen LogP contribution in [0.3, 0.4) is 0 Å². The quantitative estimate of drug-likeness (QED) is 0.686. The van der Waals surface area contributed by atoms with Crippen molar-refractivity contribution in [2.24, 2.45) is 5.92 Å². The van der Waals surface area contributed by atoms with Gasteiger partial charge in [0.15, 0.2) is 0 Å². The van der Waals surface area contributed by atoms with Gasteiger partial charge in [0, 0.05) is 31.4 Å². The van der Waals surface area contributed by atoms with Crippen molar-refractivity contribution in [2.45, 2.75) is 45.7 Å². The van der Waals surface area contributed by atoms with Crippen LogP contribution in [-0.4, -0.2) is 34.7 Å². The molecule has 3 rings (SSSR count). The molecule has 0 radical (unpaired) electrons. The second-order valence-electron chi connectivity index (χ2n) is 7.71. The van der Waals surface area contributed by atoms with E-state index >= 15 is 0 Å². The zero-order valence-corrected chi connectivity index (χ0v) is 16.6. The minimum Gasteiger partial charge on any atom is -0.347 e. The fourth-order valence-corrected chi connectivity index (χ4v) is 3.34. The zero-order valence-electron chi connectivity index (χ0n) is 16.6. The van der Waals surface area contributed by atoms with Crippen LogP contribution in [0.1, 0.15) is 55.2 Å². The third-order valence-corrected chi connectivity index (χ3v) is 4.74. The minimum absolute atomic E-state index is 0.000993. The normalized spacial score (nSPS) is 16.8. The molecule has 1 aromatic carbocycles. The molecule has 7 nitrogen and oxygen atoms in total. The van der Waals surface area contributed by atoms with Gasteiger partial charge in [0.25, 0.3) is 5.91 Å². The lowest BCUT2D eigenvalue weighted by Crippen LogP contribution is -2.32.